The lowest BCUT2D eigenvalue weighted by Crippen LogP contribution is -2.05. The molecular formula is C13H16N2OS2. The van der Waals surface area contributed by atoms with E-state index in [4.69, 9.17) is 4.74 Å². The number of ether oxygens (including phenoxy) is 1. The Morgan fingerprint density at radius 2 is 2.06 bits per heavy atom. The second-order valence-electron chi connectivity index (χ2n) is 3.94. The number of aromatic nitrogens is 2. The van der Waals surface area contributed by atoms with Gasteiger partial charge in [-0.1, -0.05) is 48.6 Å². The van der Waals surface area contributed by atoms with E-state index in [2.05, 4.69) is 29.3 Å². The number of methoxy groups -OCH3 is 1. The summed E-state index contributed by atoms with van der Waals surface area (Å²) in [4.78, 5) is 0. The fourth-order valence-electron chi connectivity index (χ4n) is 1.51. The molecule has 0 amide bonds. The molecule has 1 aromatic carbocycles. The Morgan fingerprint density at radius 3 is 2.78 bits per heavy atom. The lowest BCUT2D eigenvalue weighted by Gasteiger charge is -2.07. The molecule has 1 atom stereocenters. The maximum atomic E-state index is 5.11. The first-order chi connectivity index (χ1) is 8.79. The molecule has 0 aliphatic carbocycles. The average molecular weight is 280 g/mol. The van der Waals surface area contributed by atoms with E-state index in [1.54, 1.807) is 18.4 Å². The third-order valence-electron chi connectivity index (χ3n) is 2.38. The highest BCUT2D eigenvalue weighted by Gasteiger charge is 2.08. The summed E-state index contributed by atoms with van der Waals surface area (Å²) in [6, 6.07) is 10.2. The monoisotopic (exact) mass is 280 g/mol. The molecule has 0 saturated carbocycles. The van der Waals surface area contributed by atoms with Crippen molar-refractivity contribution in [2.24, 2.45) is 0 Å². The molecule has 0 aliphatic rings. The number of nitrogens with zero attached hydrogens (tertiary/aromatic N) is 2. The molecule has 0 N–H and O–H groups in total. The molecule has 3 nitrogen and oxygen atoms in total. The minimum atomic E-state index is 0.485. The molecular weight excluding hydrogens is 264 g/mol. The Labute approximate surface area is 116 Å². The second kappa shape index (κ2) is 6.87. The van der Waals surface area contributed by atoms with Crippen LogP contribution in [-0.4, -0.2) is 29.2 Å². The molecule has 96 valence electrons. The van der Waals surface area contributed by atoms with Gasteiger partial charge >= 0.3 is 0 Å². The van der Waals surface area contributed by atoms with Gasteiger partial charge in [0.1, 0.15) is 10.0 Å². The zero-order valence-electron chi connectivity index (χ0n) is 10.5. The molecule has 1 aromatic heterocycles. The minimum absolute atomic E-state index is 0.485. The Kier molecular flexibility index (Phi) is 5.16. The van der Waals surface area contributed by atoms with Crippen molar-refractivity contribution in [3.05, 3.63) is 35.3 Å². The van der Waals surface area contributed by atoms with E-state index in [9.17, 15) is 0 Å². The summed E-state index contributed by atoms with van der Waals surface area (Å²) in [5, 5.41) is 11.0. The Hall–Kier alpha value is -0.910. The zero-order chi connectivity index (χ0) is 12.8. The molecule has 0 bridgehead atoms. The van der Waals surface area contributed by atoms with Crippen LogP contribution in [0, 0.1) is 0 Å². The largest absolute Gasteiger partial charge is 0.384 e. The molecule has 0 radical (unpaired) electrons. The Balaban J connectivity index is 1.95. The number of benzene rings is 1. The van der Waals surface area contributed by atoms with Crippen LogP contribution in [0.25, 0.3) is 10.6 Å². The number of rotatable bonds is 6. The highest BCUT2D eigenvalue weighted by molar-refractivity contribution is 7.99. The van der Waals surface area contributed by atoms with Crippen LogP contribution in [-0.2, 0) is 10.5 Å². The van der Waals surface area contributed by atoms with Crippen LogP contribution in [0.2, 0.25) is 0 Å². The lowest BCUT2D eigenvalue weighted by atomic mass is 10.2. The van der Waals surface area contributed by atoms with Gasteiger partial charge in [-0.05, 0) is 0 Å². The van der Waals surface area contributed by atoms with Gasteiger partial charge in [0, 0.05) is 23.7 Å². The molecule has 18 heavy (non-hydrogen) atoms. The molecule has 2 aromatic rings. The first-order valence-corrected chi connectivity index (χ1v) is 7.64. The van der Waals surface area contributed by atoms with Crippen molar-refractivity contribution >= 4 is 23.1 Å². The van der Waals surface area contributed by atoms with Gasteiger partial charge in [0.25, 0.3) is 0 Å². The lowest BCUT2D eigenvalue weighted by molar-refractivity contribution is 0.203. The minimum Gasteiger partial charge on any atom is -0.384 e. The summed E-state index contributed by atoms with van der Waals surface area (Å²) >= 11 is 3.51. The molecule has 2 rings (SSSR count). The summed E-state index contributed by atoms with van der Waals surface area (Å²) in [6.07, 6.45) is 0. The van der Waals surface area contributed by atoms with Crippen LogP contribution in [0.1, 0.15) is 11.9 Å². The van der Waals surface area contributed by atoms with Gasteiger partial charge in [-0.3, -0.25) is 0 Å². The van der Waals surface area contributed by atoms with Crippen molar-refractivity contribution < 1.29 is 4.74 Å². The van der Waals surface area contributed by atoms with Gasteiger partial charge in [0.15, 0.2) is 0 Å². The van der Waals surface area contributed by atoms with Gasteiger partial charge in [0.2, 0.25) is 0 Å². The van der Waals surface area contributed by atoms with E-state index in [0.29, 0.717) is 5.25 Å². The van der Waals surface area contributed by atoms with E-state index in [1.165, 1.54) is 0 Å². The predicted octanol–water partition coefficient (Wildman–Crippen LogP) is 3.47. The summed E-state index contributed by atoms with van der Waals surface area (Å²) < 4.78 is 5.11. The van der Waals surface area contributed by atoms with Gasteiger partial charge in [0.05, 0.1) is 6.61 Å². The highest BCUT2D eigenvalue weighted by Crippen LogP contribution is 2.26. The zero-order valence-corrected chi connectivity index (χ0v) is 12.1. The Morgan fingerprint density at radius 1 is 1.28 bits per heavy atom. The number of thioether (sulfide) groups is 1. The van der Waals surface area contributed by atoms with Gasteiger partial charge < -0.3 is 4.74 Å². The SMILES string of the molecule is COC[C@H](C)SCc1nnc(-c2ccccc2)s1. The average Bonchev–Trinajstić information content (AvgIpc) is 2.87. The van der Waals surface area contributed by atoms with E-state index in [1.807, 2.05) is 30.0 Å². The van der Waals surface area contributed by atoms with Crippen molar-refractivity contribution in [1.82, 2.24) is 10.2 Å². The van der Waals surface area contributed by atoms with E-state index >= 15 is 0 Å². The molecule has 0 spiro atoms. The first-order valence-electron chi connectivity index (χ1n) is 5.78. The predicted molar refractivity (Wildman–Crippen MR) is 78.0 cm³/mol. The van der Waals surface area contributed by atoms with Crippen LogP contribution in [0.5, 0.6) is 0 Å². The van der Waals surface area contributed by atoms with E-state index in [-0.39, 0.29) is 0 Å². The quantitative estimate of drug-likeness (QED) is 0.811. The third-order valence-corrected chi connectivity index (χ3v) is 4.68. The van der Waals surface area contributed by atoms with Crippen LogP contribution in [0.15, 0.2) is 30.3 Å². The number of hydrogen-bond donors (Lipinski definition) is 0. The second-order valence-corrected chi connectivity index (χ2v) is 6.43. The standard InChI is InChI=1S/C13H16N2OS2/c1-10(8-16-2)17-9-12-14-15-13(18-12)11-6-4-3-5-7-11/h3-7,10H,8-9H2,1-2H3/t10-/m0/s1. The van der Waals surface area contributed by atoms with Crippen LogP contribution in [0.4, 0.5) is 0 Å². The van der Waals surface area contributed by atoms with Crippen LogP contribution in [0.3, 0.4) is 0 Å². The maximum Gasteiger partial charge on any atom is 0.147 e. The fraction of sp³-hybridized carbons (Fsp3) is 0.385. The molecule has 0 saturated heterocycles. The number of hydrogen-bond acceptors (Lipinski definition) is 5. The summed E-state index contributed by atoms with van der Waals surface area (Å²) in [6.45, 7) is 2.93. The Bertz CT molecular complexity index is 473. The van der Waals surface area contributed by atoms with E-state index in [0.717, 1.165) is 27.9 Å². The van der Waals surface area contributed by atoms with Gasteiger partial charge in [-0.2, -0.15) is 0 Å². The molecule has 5 heteroatoms. The summed E-state index contributed by atoms with van der Waals surface area (Å²) in [7, 11) is 1.73. The molecule has 1 heterocycles. The topological polar surface area (TPSA) is 35.0 Å². The van der Waals surface area contributed by atoms with Gasteiger partial charge in [-0.25, -0.2) is 0 Å². The summed E-state index contributed by atoms with van der Waals surface area (Å²) in [5.41, 5.74) is 1.14. The van der Waals surface area contributed by atoms with Crippen molar-refractivity contribution in [3.8, 4) is 10.6 Å². The third kappa shape index (κ3) is 3.80. The van der Waals surface area contributed by atoms with E-state index < -0.39 is 0 Å². The van der Waals surface area contributed by atoms with Crippen molar-refractivity contribution in [2.45, 2.75) is 17.9 Å². The smallest absolute Gasteiger partial charge is 0.147 e. The fourth-order valence-corrected chi connectivity index (χ4v) is 3.30. The first kappa shape index (κ1) is 13.5. The highest BCUT2D eigenvalue weighted by atomic mass is 32.2. The molecule has 0 unspecified atom stereocenters. The van der Waals surface area contributed by atoms with Crippen LogP contribution < -0.4 is 0 Å². The van der Waals surface area contributed by atoms with Gasteiger partial charge in [-0.15, -0.1) is 22.0 Å². The van der Waals surface area contributed by atoms with Crippen molar-refractivity contribution in [3.63, 3.8) is 0 Å². The summed E-state index contributed by atoms with van der Waals surface area (Å²) in [5.74, 6) is 0.898. The van der Waals surface area contributed by atoms with Crippen LogP contribution >= 0.6 is 23.1 Å². The molecule has 0 aliphatic heterocycles. The van der Waals surface area contributed by atoms with Crippen molar-refractivity contribution in [1.29, 1.82) is 0 Å². The maximum absolute atomic E-state index is 5.11. The normalized spacial score (nSPS) is 12.6. The van der Waals surface area contributed by atoms with Crippen molar-refractivity contribution in [2.75, 3.05) is 13.7 Å². The molecule has 0 fully saturated rings.